The first-order valence-electron chi connectivity index (χ1n) is 8.33. The van der Waals surface area contributed by atoms with E-state index in [1.165, 1.54) is 11.3 Å². The van der Waals surface area contributed by atoms with Gasteiger partial charge in [-0.05, 0) is 25.3 Å². The van der Waals surface area contributed by atoms with E-state index in [4.69, 9.17) is 27.9 Å². The highest BCUT2D eigenvalue weighted by atomic mass is 35.5. The lowest BCUT2D eigenvalue weighted by Crippen LogP contribution is -2.26. The van der Waals surface area contributed by atoms with Crippen molar-refractivity contribution in [3.05, 3.63) is 41.3 Å². The molecule has 1 N–H and O–H groups in total. The lowest BCUT2D eigenvalue weighted by molar-refractivity contribution is -0.120. The second-order valence-corrected chi connectivity index (χ2v) is 8.89. The van der Waals surface area contributed by atoms with Crippen LogP contribution in [0.3, 0.4) is 0 Å². The zero-order valence-electron chi connectivity index (χ0n) is 14.5. The molecule has 3 rings (SSSR count). The highest BCUT2D eigenvalue weighted by Crippen LogP contribution is 2.64. The molecule has 2 aromatic rings. The largest absolute Gasteiger partial charge is 0.462 e. The highest BCUT2D eigenvalue weighted by Gasteiger charge is 2.68. The van der Waals surface area contributed by atoms with Crippen molar-refractivity contribution in [3.8, 4) is 11.1 Å². The molecule has 26 heavy (non-hydrogen) atoms. The molecular weight excluding hydrogens is 393 g/mol. The van der Waals surface area contributed by atoms with Gasteiger partial charge in [-0.1, -0.05) is 37.3 Å². The van der Waals surface area contributed by atoms with Gasteiger partial charge in [-0.15, -0.1) is 34.5 Å². The summed E-state index contributed by atoms with van der Waals surface area (Å²) in [6, 6.07) is 9.52. The average molecular weight is 412 g/mol. The smallest absolute Gasteiger partial charge is 0.341 e. The molecule has 1 saturated carbocycles. The number of rotatable bonds is 6. The second-order valence-electron chi connectivity index (χ2n) is 6.52. The topological polar surface area (TPSA) is 55.4 Å². The fourth-order valence-electron chi connectivity index (χ4n) is 2.64. The zero-order chi connectivity index (χ0) is 18.9. The molecule has 1 aromatic heterocycles. The van der Waals surface area contributed by atoms with Gasteiger partial charge in [0.15, 0.2) is 0 Å². The minimum Gasteiger partial charge on any atom is -0.462 e. The summed E-state index contributed by atoms with van der Waals surface area (Å²) in [5, 5.41) is 5.12. The summed E-state index contributed by atoms with van der Waals surface area (Å²) in [7, 11) is 0. The van der Waals surface area contributed by atoms with Crippen molar-refractivity contribution in [2.75, 3.05) is 11.9 Å². The summed E-state index contributed by atoms with van der Waals surface area (Å²) in [5.74, 6) is -0.750. The van der Waals surface area contributed by atoms with E-state index in [0.29, 0.717) is 23.6 Å². The van der Waals surface area contributed by atoms with E-state index in [2.05, 4.69) is 5.32 Å². The molecule has 7 heteroatoms. The molecule has 0 spiro atoms. The van der Waals surface area contributed by atoms with Crippen molar-refractivity contribution in [1.82, 2.24) is 0 Å². The number of halogens is 2. The van der Waals surface area contributed by atoms with Gasteiger partial charge >= 0.3 is 5.97 Å². The number of alkyl halides is 2. The number of hydrogen-bond acceptors (Lipinski definition) is 4. The van der Waals surface area contributed by atoms with Gasteiger partial charge in [-0.3, -0.25) is 4.79 Å². The van der Waals surface area contributed by atoms with Gasteiger partial charge < -0.3 is 10.1 Å². The average Bonchev–Trinajstić information content (AvgIpc) is 2.95. The van der Waals surface area contributed by atoms with E-state index < -0.39 is 15.7 Å². The van der Waals surface area contributed by atoms with Crippen LogP contribution in [0, 0.1) is 5.41 Å². The lowest BCUT2D eigenvalue weighted by atomic mass is 10.0. The zero-order valence-corrected chi connectivity index (χ0v) is 16.8. The predicted octanol–water partition coefficient (Wildman–Crippen LogP) is 5.50. The molecule has 0 saturated heterocycles. The molecule has 0 bridgehead atoms. The third-order valence-electron chi connectivity index (χ3n) is 4.50. The second kappa shape index (κ2) is 7.22. The van der Waals surface area contributed by atoms with Crippen LogP contribution >= 0.6 is 34.5 Å². The lowest BCUT2D eigenvalue weighted by Gasteiger charge is -2.13. The summed E-state index contributed by atoms with van der Waals surface area (Å²) in [6.45, 7) is 3.96. The molecule has 4 nitrogen and oxygen atoms in total. The molecular formula is C19H19Cl2NO3S. The van der Waals surface area contributed by atoms with Gasteiger partial charge in [0.25, 0.3) is 0 Å². The van der Waals surface area contributed by atoms with Crippen LogP contribution in [-0.2, 0) is 9.53 Å². The fourth-order valence-corrected chi connectivity index (χ4v) is 4.30. The van der Waals surface area contributed by atoms with E-state index in [1.54, 1.807) is 6.92 Å². The van der Waals surface area contributed by atoms with Gasteiger partial charge in [0.1, 0.15) is 14.9 Å². The molecule has 1 atom stereocenters. The van der Waals surface area contributed by atoms with Crippen molar-refractivity contribution in [2.45, 2.75) is 31.0 Å². The SMILES string of the molecule is CCCOC(=O)c1c(-c2ccccc2)csc1NC(=O)C1(C)CC1(Cl)Cl. The Kier molecular flexibility index (Phi) is 5.33. The van der Waals surface area contributed by atoms with Crippen molar-refractivity contribution in [3.63, 3.8) is 0 Å². The van der Waals surface area contributed by atoms with Crippen LogP contribution in [0.4, 0.5) is 5.00 Å². The third-order valence-corrected chi connectivity index (χ3v) is 6.50. The summed E-state index contributed by atoms with van der Waals surface area (Å²) in [5.41, 5.74) is 1.12. The molecule has 0 aliphatic heterocycles. The van der Waals surface area contributed by atoms with Crippen LogP contribution in [-0.4, -0.2) is 22.8 Å². The number of amides is 1. The number of hydrogen-bond donors (Lipinski definition) is 1. The number of carbonyl (C=O) groups is 2. The summed E-state index contributed by atoms with van der Waals surface area (Å²) >= 11 is 13.5. The standard InChI is InChI=1S/C19H19Cl2NO3S/c1-3-9-25-16(23)14-13(12-7-5-4-6-8-12)10-26-15(14)22-17(24)18(2)11-19(18,20)21/h4-8,10H,3,9,11H2,1-2H3,(H,22,24). The summed E-state index contributed by atoms with van der Waals surface area (Å²) in [6.07, 6.45) is 1.10. The quantitative estimate of drug-likeness (QED) is 0.503. The maximum atomic E-state index is 12.6. The van der Waals surface area contributed by atoms with E-state index in [0.717, 1.165) is 17.5 Å². The van der Waals surface area contributed by atoms with E-state index in [9.17, 15) is 9.59 Å². The first-order chi connectivity index (χ1) is 12.3. The van der Waals surface area contributed by atoms with Crippen LogP contribution in [0.1, 0.15) is 37.0 Å². The van der Waals surface area contributed by atoms with Gasteiger partial charge in [-0.2, -0.15) is 0 Å². The molecule has 1 aliphatic rings. The first kappa shape index (κ1) is 19.2. The number of esters is 1. The van der Waals surface area contributed by atoms with Gasteiger partial charge in [0, 0.05) is 10.9 Å². The number of thiophene rings is 1. The summed E-state index contributed by atoms with van der Waals surface area (Å²) < 4.78 is 4.26. The highest BCUT2D eigenvalue weighted by molar-refractivity contribution is 7.15. The van der Waals surface area contributed by atoms with Crippen molar-refractivity contribution < 1.29 is 14.3 Å². The Balaban J connectivity index is 1.94. The Morgan fingerprint density at radius 3 is 2.50 bits per heavy atom. The Hall–Kier alpha value is -1.56. The van der Waals surface area contributed by atoms with Crippen LogP contribution in [0.2, 0.25) is 0 Å². The van der Waals surface area contributed by atoms with Crippen molar-refractivity contribution in [1.29, 1.82) is 0 Å². The van der Waals surface area contributed by atoms with Crippen LogP contribution in [0.5, 0.6) is 0 Å². The predicted molar refractivity (Wildman–Crippen MR) is 106 cm³/mol. The van der Waals surface area contributed by atoms with Crippen LogP contribution in [0.15, 0.2) is 35.7 Å². The monoisotopic (exact) mass is 411 g/mol. The molecule has 1 aliphatic carbocycles. The number of carbonyl (C=O) groups excluding carboxylic acids is 2. The molecule has 1 fully saturated rings. The van der Waals surface area contributed by atoms with E-state index in [-0.39, 0.29) is 5.91 Å². The number of benzene rings is 1. The minimum atomic E-state index is -1.07. The van der Waals surface area contributed by atoms with Gasteiger partial charge in [0.2, 0.25) is 5.91 Å². The normalized spacial score (nSPS) is 20.5. The molecule has 1 amide bonds. The van der Waals surface area contributed by atoms with Gasteiger partial charge in [-0.25, -0.2) is 4.79 Å². The minimum absolute atomic E-state index is 0.298. The Bertz CT molecular complexity index is 835. The maximum absolute atomic E-state index is 12.6. The van der Waals surface area contributed by atoms with Crippen LogP contribution < -0.4 is 5.32 Å². The van der Waals surface area contributed by atoms with Gasteiger partial charge in [0.05, 0.1) is 12.0 Å². The number of ether oxygens (including phenoxy) is 1. The van der Waals surface area contributed by atoms with Crippen molar-refractivity contribution in [2.24, 2.45) is 5.41 Å². The molecule has 1 unspecified atom stereocenters. The maximum Gasteiger partial charge on any atom is 0.341 e. The molecule has 138 valence electrons. The van der Waals surface area contributed by atoms with Crippen LogP contribution in [0.25, 0.3) is 11.1 Å². The fraction of sp³-hybridized carbons (Fsp3) is 0.368. The van der Waals surface area contributed by atoms with Crippen molar-refractivity contribution >= 4 is 51.4 Å². The van der Waals surface area contributed by atoms with E-state index in [1.807, 2.05) is 42.6 Å². The number of anilines is 1. The Morgan fingerprint density at radius 1 is 1.27 bits per heavy atom. The molecule has 1 aromatic carbocycles. The molecule has 0 radical (unpaired) electrons. The number of nitrogens with one attached hydrogen (secondary N) is 1. The Morgan fingerprint density at radius 2 is 1.92 bits per heavy atom. The Labute approximate surface area is 166 Å². The first-order valence-corrected chi connectivity index (χ1v) is 9.97. The third kappa shape index (κ3) is 3.48. The summed E-state index contributed by atoms with van der Waals surface area (Å²) in [4.78, 5) is 25.3. The molecule has 1 heterocycles. The van der Waals surface area contributed by atoms with E-state index >= 15 is 0 Å².